The standard InChI is InChI=1S/C24H20N2O4/c27-23(28)16-11-12-17(26-14-16)6-5-13-25-24(29)30-15-22-20-9-3-1-7-18(20)19-8-2-4-10-21(19)22/h1-12,14,22H,13,15H2,(H,25,29)(H,27,28). The minimum Gasteiger partial charge on any atom is -0.478 e. The Morgan fingerprint density at radius 3 is 2.27 bits per heavy atom. The van der Waals surface area contributed by atoms with E-state index in [1.54, 1.807) is 18.2 Å². The van der Waals surface area contributed by atoms with Crippen LogP contribution in [0.25, 0.3) is 17.2 Å². The molecule has 0 aliphatic heterocycles. The Kier molecular flexibility index (Phi) is 5.57. The number of pyridine rings is 1. The monoisotopic (exact) mass is 400 g/mol. The first-order valence-electron chi connectivity index (χ1n) is 9.58. The van der Waals surface area contributed by atoms with Crippen LogP contribution in [0.3, 0.4) is 0 Å². The minimum atomic E-state index is -1.02. The van der Waals surface area contributed by atoms with Crippen molar-refractivity contribution < 1.29 is 19.4 Å². The molecular formula is C24H20N2O4. The zero-order valence-corrected chi connectivity index (χ0v) is 16.1. The van der Waals surface area contributed by atoms with Gasteiger partial charge in [-0.15, -0.1) is 0 Å². The molecule has 0 spiro atoms. The van der Waals surface area contributed by atoms with Crippen molar-refractivity contribution in [1.29, 1.82) is 0 Å². The lowest BCUT2D eigenvalue weighted by atomic mass is 9.98. The summed E-state index contributed by atoms with van der Waals surface area (Å²) in [7, 11) is 0. The van der Waals surface area contributed by atoms with Crippen LogP contribution in [0.15, 0.2) is 72.9 Å². The lowest BCUT2D eigenvalue weighted by Gasteiger charge is -2.14. The van der Waals surface area contributed by atoms with Crippen LogP contribution < -0.4 is 5.32 Å². The molecule has 1 heterocycles. The first-order valence-corrected chi connectivity index (χ1v) is 9.58. The van der Waals surface area contributed by atoms with Crippen LogP contribution in [0.1, 0.15) is 33.1 Å². The van der Waals surface area contributed by atoms with Crippen molar-refractivity contribution in [2.24, 2.45) is 0 Å². The number of carboxylic acids is 1. The molecule has 3 aromatic rings. The topological polar surface area (TPSA) is 88.5 Å². The highest BCUT2D eigenvalue weighted by atomic mass is 16.5. The number of carbonyl (C=O) groups is 2. The van der Waals surface area contributed by atoms with Gasteiger partial charge in [0.15, 0.2) is 0 Å². The number of carbonyl (C=O) groups excluding carboxylic acids is 1. The number of alkyl carbamates (subject to hydrolysis) is 1. The second-order valence-corrected chi connectivity index (χ2v) is 6.89. The third-order valence-corrected chi connectivity index (χ3v) is 5.03. The zero-order valence-electron chi connectivity index (χ0n) is 16.1. The van der Waals surface area contributed by atoms with E-state index in [2.05, 4.69) is 34.6 Å². The number of fused-ring (bicyclic) bond motifs is 3. The summed E-state index contributed by atoms with van der Waals surface area (Å²) in [6.45, 7) is 0.542. The summed E-state index contributed by atoms with van der Waals surface area (Å²) in [5.74, 6) is -0.995. The number of ether oxygens (including phenoxy) is 1. The van der Waals surface area contributed by atoms with Crippen molar-refractivity contribution in [2.45, 2.75) is 5.92 Å². The summed E-state index contributed by atoms with van der Waals surface area (Å²) in [6, 6.07) is 19.5. The van der Waals surface area contributed by atoms with Crippen LogP contribution >= 0.6 is 0 Å². The number of aromatic nitrogens is 1. The highest BCUT2D eigenvalue weighted by Gasteiger charge is 2.28. The average molecular weight is 400 g/mol. The Morgan fingerprint density at radius 2 is 1.67 bits per heavy atom. The number of benzene rings is 2. The first-order chi connectivity index (χ1) is 14.6. The van der Waals surface area contributed by atoms with Crippen LogP contribution in [0.5, 0.6) is 0 Å². The molecule has 0 saturated carbocycles. The molecule has 6 heteroatoms. The third kappa shape index (κ3) is 4.07. The van der Waals surface area contributed by atoms with E-state index in [1.807, 2.05) is 24.3 Å². The number of hydrogen-bond donors (Lipinski definition) is 2. The molecule has 4 rings (SSSR count). The molecule has 0 atom stereocenters. The van der Waals surface area contributed by atoms with Gasteiger partial charge in [0.25, 0.3) is 0 Å². The molecule has 0 unspecified atom stereocenters. The van der Waals surface area contributed by atoms with Crippen molar-refractivity contribution in [3.63, 3.8) is 0 Å². The molecule has 30 heavy (non-hydrogen) atoms. The number of carboxylic acid groups (broad SMARTS) is 1. The third-order valence-electron chi connectivity index (χ3n) is 5.03. The van der Waals surface area contributed by atoms with Gasteiger partial charge in [0.2, 0.25) is 0 Å². The Balaban J connectivity index is 1.31. The fraction of sp³-hybridized carbons (Fsp3) is 0.125. The molecule has 2 aromatic carbocycles. The molecule has 0 fully saturated rings. The SMILES string of the molecule is O=C(NCC=Cc1ccc(C(=O)O)cn1)OCC1c2ccccc2-c2ccccc21. The van der Waals surface area contributed by atoms with E-state index >= 15 is 0 Å². The van der Waals surface area contributed by atoms with E-state index in [4.69, 9.17) is 9.84 Å². The average Bonchev–Trinajstić information content (AvgIpc) is 3.09. The van der Waals surface area contributed by atoms with Gasteiger partial charge in [-0.1, -0.05) is 54.6 Å². The summed E-state index contributed by atoms with van der Waals surface area (Å²) in [5.41, 5.74) is 5.45. The van der Waals surface area contributed by atoms with E-state index in [1.165, 1.54) is 34.5 Å². The zero-order chi connectivity index (χ0) is 20.9. The predicted molar refractivity (Wildman–Crippen MR) is 113 cm³/mol. The lowest BCUT2D eigenvalue weighted by molar-refractivity contribution is 0.0696. The van der Waals surface area contributed by atoms with Crippen molar-refractivity contribution in [2.75, 3.05) is 13.2 Å². The smallest absolute Gasteiger partial charge is 0.407 e. The second-order valence-electron chi connectivity index (χ2n) is 6.89. The van der Waals surface area contributed by atoms with Gasteiger partial charge < -0.3 is 15.2 Å². The number of rotatable bonds is 6. The molecule has 150 valence electrons. The molecule has 0 bridgehead atoms. The second kappa shape index (κ2) is 8.61. The molecule has 1 aliphatic rings. The number of nitrogens with zero attached hydrogens (tertiary/aromatic N) is 1. The summed E-state index contributed by atoms with van der Waals surface area (Å²) in [4.78, 5) is 27.0. The minimum absolute atomic E-state index is 0.0237. The van der Waals surface area contributed by atoms with Gasteiger partial charge in [-0.25, -0.2) is 9.59 Å². The molecule has 1 amide bonds. The molecule has 2 N–H and O–H groups in total. The summed E-state index contributed by atoms with van der Waals surface area (Å²) in [5, 5.41) is 11.6. The highest BCUT2D eigenvalue weighted by molar-refractivity contribution is 5.87. The molecule has 1 aromatic heterocycles. The van der Waals surface area contributed by atoms with Crippen molar-refractivity contribution >= 4 is 18.1 Å². The number of amides is 1. The number of aromatic carboxylic acids is 1. The Bertz CT molecular complexity index is 1060. The van der Waals surface area contributed by atoms with Gasteiger partial charge in [-0.2, -0.15) is 0 Å². The molecule has 0 saturated heterocycles. The Hall–Kier alpha value is -3.93. The fourth-order valence-corrected chi connectivity index (χ4v) is 3.60. The quantitative estimate of drug-likeness (QED) is 0.643. The summed E-state index contributed by atoms with van der Waals surface area (Å²) >= 11 is 0. The Labute approximate surface area is 173 Å². The van der Waals surface area contributed by atoms with Gasteiger partial charge in [-0.3, -0.25) is 4.98 Å². The van der Waals surface area contributed by atoms with Gasteiger partial charge in [0.05, 0.1) is 11.3 Å². The molecule has 0 radical (unpaired) electrons. The van der Waals surface area contributed by atoms with Gasteiger partial charge in [-0.05, 0) is 40.5 Å². The first kappa shape index (κ1) is 19.4. The van der Waals surface area contributed by atoms with Crippen LogP contribution in [0.2, 0.25) is 0 Å². The van der Waals surface area contributed by atoms with Gasteiger partial charge in [0.1, 0.15) is 6.61 Å². The van der Waals surface area contributed by atoms with E-state index in [9.17, 15) is 9.59 Å². The normalized spacial score (nSPS) is 12.4. The number of hydrogen-bond acceptors (Lipinski definition) is 4. The number of nitrogens with one attached hydrogen (secondary N) is 1. The van der Waals surface area contributed by atoms with Gasteiger partial charge >= 0.3 is 12.1 Å². The van der Waals surface area contributed by atoms with E-state index in [0.717, 1.165) is 0 Å². The summed E-state index contributed by atoms with van der Waals surface area (Å²) in [6.07, 6.45) is 4.23. The van der Waals surface area contributed by atoms with Crippen LogP contribution in [-0.4, -0.2) is 35.3 Å². The predicted octanol–water partition coefficient (Wildman–Crippen LogP) is 4.33. The molecule has 1 aliphatic carbocycles. The van der Waals surface area contributed by atoms with Crippen molar-refractivity contribution in [3.8, 4) is 11.1 Å². The van der Waals surface area contributed by atoms with Crippen LogP contribution in [0.4, 0.5) is 4.79 Å². The van der Waals surface area contributed by atoms with E-state index < -0.39 is 12.1 Å². The van der Waals surface area contributed by atoms with Crippen LogP contribution in [0, 0.1) is 0 Å². The van der Waals surface area contributed by atoms with Crippen molar-refractivity contribution in [1.82, 2.24) is 10.3 Å². The largest absolute Gasteiger partial charge is 0.478 e. The van der Waals surface area contributed by atoms with Gasteiger partial charge in [0, 0.05) is 18.7 Å². The lowest BCUT2D eigenvalue weighted by Crippen LogP contribution is -2.26. The van der Waals surface area contributed by atoms with E-state index in [-0.39, 0.29) is 24.6 Å². The molecular weight excluding hydrogens is 380 g/mol. The maximum Gasteiger partial charge on any atom is 0.407 e. The van der Waals surface area contributed by atoms with Crippen LogP contribution in [-0.2, 0) is 4.74 Å². The maximum atomic E-state index is 12.1. The fourth-order valence-electron chi connectivity index (χ4n) is 3.60. The highest BCUT2D eigenvalue weighted by Crippen LogP contribution is 2.44. The van der Waals surface area contributed by atoms with E-state index in [0.29, 0.717) is 5.69 Å². The Morgan fingerprint density at radius 1 is 1.00 bits per heavy atom. The summed E-state index contributed by atoms with van der Waals surface area (Å²) < 4.78 is 5.47. The van der Waals surface area contributed by atoms with Crippen molar-refractivity contribution in [3.05, 3.63) is 95.3 Å². The molecule has 6 nitrogen and oxygen atoms in total. The maximum absolute atomic E-state index is 12.1.